The van der Waals surface area contributed by atoms with Gasteiger partial charge >= 0.3 is 0 Å². The van der Waals surface area contributed by atoms with Crippen LogP contribution in [0, 0.1) is 47.3 Å². The molecule has 6 aromatic carbocycles. The van der Waals surface area contributed by atoms with Crippen LogP contribution >= 0.6 is 0 Å². The van der Waals surface area contributed by atoms with E-state index in [1.54, 1.807) is 14.2 Å². The Labute approximate surface area is 704 Å². The molecular formula is C100H116N12O8. The first-order valence-electron chi connectivity index (χ1n) is 44.9. The second-order valence-corrected chi connectivity index (χ2v) is 35.8. The van der Waals surface area contributed by atoms with Gasteiger partial charge in [0.25, 0.3) is 0 Å². The van der Waals surface area contributed by atoms with Crippen LogP contribution in [0.1, 0.15) is 162 Å². The molecule has 0 aliphatic carbocycles. The zero-order chi connectivity index (χ0) is 81.5. The molecule has 2 N–H and O–H groups in total. The molecule has 120 heavy (non-hydrogen) atoms. The Bertz CT molecular complexity index is 4960. The van der Waals surface area contributed by atoms with Crippen molar-refractivity contribution in [2.24, 2.45) is 47.3 Å². The second kappa shape index (κ2) is 35.3. The maximum atomic E-state index is 10.1. The van der Waals surface area contributed by atoms with Crippen LogP contribution in [0.25, 0.3) is 65.2 Å². The van der Waals surface area contributed by atoms with Gasteiger partial charge in [-0.25, -0.2) is 0 Å². The number of piperidine rings is 12. The molecule has 6 aromatic heterocycles. The van der Waals surface area contributed by atoms with Crippen LogP contribution in [-0.2, 0) is 13.2 Å². The Balaban J connectivity index is 0.000000159. The summed E-state index contributed by atoms with van der Waals surface area (Å²) >= 11 is 0. The van der Waals surface area contributed by atoms with Crippen molar-refractivity contribution in [1.29, 1.82) is 0 Å². The number of aliphatic hydroxyl groups excluding tert-OH is 2. The van der Waals surface area contributed by atoms with Gasteiger partial charge in [0.2, 0.25) is 23.5 Å². The van der Waals surface area contributed by atoms with E-state index in [2.05, 4.69) is 132 Å². The lowest BCUT2D eigenvalue weighted by Gasteiger charge is -2.52. The zero-order valence-corrected chi connectivity index (χ0v) is 70.5. The number of rotatable bonds is 28. The molecule has 12 saturated heterocycles. The predicted molar refractivity (Wildman–Crippen MR) is 471 cm³/mol. The summed E-state index contributed by atoms with van der Waals surface area (Å²) in [5, 5.41) is 47.3. The minimum Gasteiger partial charge on any atom is -0.497 e. The van der Waals surface area contributed by atoms with E-state index >= 15 is 0 Å². The Morgan fingerprint density at radius 1 is 0.333 bits per heavy atom. The van der Waals surface area contributed by atoms with E-state index in [0.717, 1.165) is 213 Å². The monoisotopic (exact) mass is 1610 g/mol. The normalized spacial score (nSPS) is 27.0. The summed E-state index contributed by atoms with van der Waals surface area (Å²) in [7, 11) is 3.44. The van der Waals surface area contributed by atoms with E-state index in [9.17, 15) is 10.2 Å². The third-order valence-corrected chi connectivity index (χ3v) is 30.1. The summed E-state index contributed by atoms with van der Waals surface area (Å²) in [5.74, 6) is 9.95. The van der Waals surface area contributed by atoms with Crippen molar-refractivity contribution in [3.05, 3.63) is 204 Å². The largest absolute Gasteiger partial charge is 0.497 e. The molecule has 12 aliphatic rings. The van der Waals surface area contributed by atoms with Gasteiger partial charge in [-0.15, -0.1) is 20.4 Å². The third kappa shape index (κ3) is 15.6. The highest BCUT2D eigenvalue weighted by atomic mass is 16.5. The molecule has 12 aliphatic heterocycles. The number of nitrogens with zero attached hydrogens (tertiary/aromatic N) is 12. The molecule has 0 saturated carbocycles. The summed E-state index contributed by atoms with van der Waals surface area (Å²) in [4.78, 5) is 29.8. The fourth-order valence-electron chi connectivity index (χ4n) is 23.6. The van der Waals surface area contributed by atoms with E-state index in [1.165, 1.54) is 73.6 Å². The summed E-state index contributed by atoms with van der Waals surface area (Å²) < 4.78 is 38.9. The van der Waals surface area contributed by atoms with E-state index in [-0.39, 0.29) is 36.9 Å². The Morgan fingerprint density at radius 2 is 0.600 bits per heavy atom. The minimum atomic E-state index is -0.00928. The molecule has 20 atom stereocenters. The standard InChI is InChI=1S/2C50H58N6O4/c2*1-4-32-26-55-20-16-34(32)23-47(55)43(37-14-18-51-45-12-10-31(28-57)22-41(37)45)29-59-49-39-8-6-7-9-40(39)50(54-53-49)60-30-44(48-24-35-17-21-56(48)27-33(35)5-2)38-15-19-52-46-13-11-36(58-3)25-42(38)46/h2*6-15,18-19,22,25,32-35,43-44,47-48,57H,4-5,16-17,20-21,23-24,26-30H2,1-3H3/t32?,33?,34?,35-,43-,44-,47+,48+;32-,33?,34+,35?,43-,44-,47+,48+/m10/s1. The molecule has 8 bridgehead atoms. The first-order chi connectivity index (χ1) is 59.1. The molecular weight excluding hydrogens is 1500 g/mol. The molecule has 20 heteroatoms. The summed E-state index contributed by atoms with van der Waals surface area (Å²) in [6.45, 7) is 20.2. The first kappa shape index (κ1) is 80.0. The van der Waals surface area contributed by atoms with Crippen LogP contribution in [-0.4, -0.2) is 187 Å². The van der Waals surface area contributed by atoms with Crippen LogP contribution in [0.15, 0.2) is 170 Å². The van der Waals surface area contributed by atoms with Gasteiger partial charge in [-0.1, -0.05) is 89.8 Å². The van der Waals surface area contributed by atoms with Crippen molar-refractivity contribution in [2.45, 2.75) is 166 Å². The average Bonchev–Trinajstić information content (AvgIpc) is 0.770. The molecule has 12 aromatic rings. The lowest BCUT2D eigenvalue weighted by molar-refractivity contribution is -0.0177. The number of aliphatic hydroxyl groups is 2. The highest BCUT2D eigenvalue weighted by Gasteiger charge is 2.48. The van der Waals surface area contributed by atoms with Crippen molar-refractivity contribution in [3.8, 4) is 35.0 Å². The van der Waals surface area contributed by atoms with Crippen LogP contribution in [0.3, 0.4) is 0 Å². The van der Waals surface area contributed by atoms with Gasteiger partial charge in [-0.2, -0.15) is 0 Å². The average molecular weight is 1610 g/mol. The highest BCUT2D eigenvalue weighted by molar-refractivity contribution is 5.92. The highest BCUT2D eigenvalue weighted by Crippen LogP contribution is 2.50. The fourth-order valence-corrected chi connectivity index (χ4v) is 23.6. The lowest BCUT2D eigenvalue weighted by atomic mass is 9.70. The SMILES string of the molecule is CCC1CN2CCC1C[C@@H]2[C@@H](COc1nnc(OC[C@@H](c2ccnc3ccc(CO)cc23)[C@H]2C[C@H]3CCN2C[C@@H]3CC)c2ccccc12)c1ccnc2ccc(OC)cc12.CCC1CN2CCC1C[C@H]2[C@H](COc1nnc(OC[C@H](c2ccnc3ccc(OC)cc23)[C@@H]2C[C@H]3CCN2CC3CC)c2ccccc12)c1ccnc2ccc(CO)cc12. The minimum absolute atomic E-state index is 0.00928. The molecule has 0 spiro atoms. The van der Waals surface area contributed by atoms with E-state index in [1.807, 2.05) is 85.5 Å². The topological polar surface area (TPSA) is 212 Å². The molecule has 0 amide bonds. The lowest BCUT2D eigenvalue weighted by Crippen LogP contribution is -2.55. The van der Waals surface area contributed by atoms with Crippen molar-refractivity contribution < 1.29 is 38.6 Å². The van der Waals surface area contributed by atoms with Crippen molar-refractivity contribution >= 4 is 65.2 Å². The van der Waals surface area contributed by atoms with Gasteiger partial charge in [-0.05, 0) is 267 Å². The Morgan fingerprint density at radius 3 is 0.842 bits per heavy atom. The zero-order valence-electron chi connectivity index (χ0n) is 70.5. The number of hydrogen-bond acceptors (Lipinski definition) is 20. The van der Waals surface area contributed by atoms with E-state index in [4.69, 9.17) is 68.8 Å². The van der Waals surface area contributed by atoms with E-state index in [0.29, 0.717) is 74.1 Å². The van der Waals surface area contributed by atoms with Gasteiger partial charge in [0.05, 0.1) is 97.5 Å². The molecule has 24 rings (SSSR count). The van der Waals surface area contributed by atoms with Gasteiger partial charge < -0.3 is 38.6 Å². The van der Waals surface area contributed by atoms with Crippen LogP contribution < -0.4 is 28.4 Å². The molecule has 624 valence electrons. The summed E-state index contributed by atoms with van der Waals surface area (Å²) in [5.41, 5.74) is 10.5. The van der Waals surface area contributed by atoms with Gasteiger partial charge in [0, 0.05) is 120 Å². The summed E-state index contributed by atoms with van der Waals surface area (Å²) in [6.07, 6.45) is 22.3. The van der Waals surface area contributed by atoms with Crippen LogP contribution in [0.2, 0.25) is 0 Å². The quantitative estimate of drug-likeness (QED) is 0.0467. The number of methoxy groups -OCH3 is 2. The number of pyridine rings is 4. The van der Waals surface area contributed by atoms with Crippen molar-refractivity contribution in [1.82, 2.24) is 59.9 Å². The molecule has 0 radical (unpaired) electrons. The number of ether oxygens (including phenoxy) is 6. The smallest absolute Gasteiger partial charge is 0.241 e. The van der Waals surface area contributed by atoms with Crippen LogP contribution in [0.4, 0.5) is 0 Å². The summed E-state index contributed by atoms with van der Waals surface area (Å²) in [6, 6.07) is 51.0. The van der Waals surface area contributed by atoms with E-state index < -0.39 is 0 Å². The van der Waals surface area contributed by atoms with Gasteiger partial charge in [0.1, 0.15) is 11.5 Å². The maximum Gasteiger partial charge on any atom is 0.241 e. The number of fused-ring (bicyclic) bond motifs is 18. The first-order valence-corrected chi connectivity index (χ1v) is 44.9. The molecule has 18 heterocycles. The van der Waals surface area contributed by atoms with Crippen molar-refractivity contribution in [3.63, 3.8) is 0 Å². The third-order valence-electron chi connectivity index (χ3n) is 30.1. The Kier molecular flexibility index (Phi) is 23.5. The predicted octanol–water partition coefficient (Wildman–Crippen LogP) is 17.6. The molecule has 12 fully saturated rings. The number of benzene rings is 6. The number of aromatic nitrogens is 8. The van der Waals surface area contributed by atoms with Crippen molar-refractivity contribution in [2.75, 3.05) is 93.0 Å². The maximum absolute atomic E-state index is 10.1. The second-order valence-electron chi connectivity index (χ2n) is 35.8. The van der Waals surface area contributed by atoms with Gasteiger partial charge in [0.15, 0.2) is 0 Å². The van der Waals surface area contributed by atoms with Gasteiger partial charge in [-0.3, -0.25) is 39.5 Å². The van der Waals surface area contributed by atoms with Crippen LogP contribution in [0.5, 0.6) is 35.0 Å². The fraction of sp³-hybridized carbons (Fsp3) is 0.480. The Hall–Kier alpha value is -9.80. The molecule has 20 nitrogen and oxygen atoms in total. The number of hydrogen-bond donors (Lipinski definition) is 2. The molecule has 9 unspecified atom stereocenters.